The molecule has 0 aliphatic heterocycles. The number of aromatic nitrogens is 2. The quantitative estimate of drug-likeness (QED) is 0.104. The number of benzene rings is 1. The molecular formula is C26H37N7O7. The number of amides is 3. The Bertz CT molecular complexity index is 1110. The van der Waals surface area contributed by atoms with E-state index in [9.17, 15) is 29.1 Å². The highest BCUT2D eigenvalue weighted by molar-refractivity contribution is 5.94. The Morgan fingerprint density at radius 2 is 1.50 bits per heavy atom. The first kappa shape index (κ1) is 31.9. The Labute approximate surface area is 231 Å². The summed E-state index contributed by atoms with van der Waals surface area (Å²) in [6.07, 6.45) is 3.65. The molecule has 0 aliphatic carbocycles. The minimum absolute atomic E-state index is 0.0264. The number of carboxylic acid groups (broad SMARTS) is 2. The number of nitrogens with one attached hydrogen (secondary N) is 4. The number of nitrogens with two attached hydrogens (primary N) is 2. The molecule has 3 amide bonds. The molecule has 1 aromatic carbocycles. The number of unbranched alkanes of at least 4 members (excludes halogenated alkanes) is 1. The molecule has 4 unspecified atom stereocenters. The number of hydrogen-bond acceptors (Lipinski definition) is 8. The van der Waals surface area contributed by atoms with Gasteiger partial charge >= 0.3 is 11.9 Å². The summed E-state index contributed by atoms with van der Waals surface area (Å²) < 4.78 is 0. The van der Waals surface area contributed by atoms with Crippen molar-refractivity contribution in [2.75, 3.05) is 6.54 Å². The lowest BCUT2D eigenvalue weighted by Crippen LogP contribution is -2.57. The number of rotatable bonds is 18. The molecule has 0 spiro atoms. The van der Waals surface area contributed by atoms with E-state index in [1.54, 1.807) is 30.3 Å². The van der Waals surface area contributed by atoms with Gasteiger partial charge in [0, 0.05) is 31.2 Å². The normalized spacial score (nSPS) is 13.8. The molecule has 1 aromatic heterocycles. The van der Waals surface area contributed by atoms with Gasteiger partial charge in [0.25, 0.3) is 0 Å². The van der Waals surface area contributed by atoms with E-state index < -0.39 is 53.8 Å². The fourth-order valence-corrected chi connectivity index (χ4v) is 3.87. The fraction of sp³-hybridized carbons (Fsp3) is 0.462. The van der Waals surface area contributed by atoms with Crippen molar-refractivity contribution in [3.05, 3.63) is 54.1 Å². The topological polar surface area (TPSA) is 243 Å². The summed E-state index contributed by atoms with van der Waals surface area (Å²) >= 11 is 0. The highest BCUT2D eigenvalue weighted by Crippen LogP contribution is 2.08. The Morgan fingerprint density at radius 1 is 0.850 bits per heavy atom. The monoisotopic (exact) mass is 559 g/mol. The van der Waals surface area contributed by atoms with E-state index in [4.69, 9.17) is 16.6 Å². The van der Waals surface area contributed by atoms with Gasteiger partial charge in [0.1, 0.15) is 18.1 Å². The summed E-state index contributed by atoms with van der Waals surface area (Å²) in [6.45, 7) is 0.364. The van der Waals surface area contributed by atoms with Gasteiger partial charge in [0.05, 0.1) is 12.4 Å². The van der Waals surface area contributed by atoms with Crippen molar-refractivity contribution in [2.45, 2.75) is 69.1 Å². The summed E-state index contributed by atoms with van der Waals surface area (Å²) in [4.78, 5) is 68.6. The molecule has 14 nitrogen and oxygen atoms in total. The second-order valence-corrected chi connectivity index (χ2v) is 9.32. The van der Waals surface area contributed by atoms with Crippen LogP contribution in [0.15, 0.2) is 42.9 Å². The van der Waals surface area contributed by atoms with Crippen LogP contribution >= 0.6 is 0 Å². The molecule has 40 heavy (non-hydrogen) atoms. The minimum Gasteiger partial charge on any atom is -0.481 e. The van der Waals surface area contributed by atoms with E-state index in [1.807, 2.05) is 0 Å². The molecule has 1 heterocycles. The van der Waals surface area contributed by atoms with E-state index in [0.717, 1.165) is 0 Å². The number of imidazole rings is 1. The van der Waals surface area contributed by atoms with Gasteiger partial charge in [0.15, 0.2) is 0 Å². The molecule has 2 aromatic rings. The predicted octanol–water partition coefficient (Wildman–Crippen LogP) is -0.945. The molecule has 0 radical (unpaired) electrons. The lowest BCUT2D eigenvalue weighted by Gasteiger charge is -2.25. The van der Waals surface area contributed by atoms with Crippen molar-refractivity contribution in [3.8, 4) is 0 Å². The maximum absolute atomic E-state index is 13.3. The van der Waals surface area contributed by atoms with Gasteiger partial charge in [0.2, 0.25) is 17.7 Å². The average Bonchev–Trinajstić information content (AvgIpc) is 3.44. The lowest BCUT2D eigenvalue weighted by molar-refractivity contribution is -0.142. The molecule has 14 heteroatoms. The Morgan fingerprint density at radius 3 is 2.10 bits per heavy atom. The molecule has 0 fully saturated rings. The minimum atomic E-state index is -1.26. The third-order valence-corrected chi connectivity index (χ3v) is 6.09. The number of aromatic amines is 1. The molecule has 2 rings (SSSR count). The second-order valence-electron chi connectivity index (χ2n) is 9.32. The van der Waals surface area contributed by atoms with Gasteiger partial charge in [-0.1, -0.05) is 30.3 Å². The highest BCUT2D eigenvalue weighted by Gasteiger charge is 2.31. The number of carbonyl (C=O) groups excluding carboxylic acids is 3. The van der Waals surface area contributed by atoms with E-state index >= 15 is 0 Å². The third kappa shape index (κ3) is 11.2. The molecule has 4 atom stereocenters. The van der Waals surface area contributed by atoms with E-state index in [-0.39, 0.29) is 32.1 Å². The van der Waals surface area contributed by atoms with Gasteiger partial charge in [-0.2, -0.15) is 0 Å². The van der Waals surface area contributed by atoms with Gasteiger partial charge in [-0.25, -0.2) is 9.78 Å². The van der Waals surface area contributed by atoms with E-state index in [2.05, 4.69) is 25.9 Å². The van der Waals surface area contributed by atoms with Crippen molar-refractivity contribution >= 4 is 29.7 Å². The summed E-state index contributed by atoms with van der Waals surface area (Å²) in [5.41, 5.74) is 12.6. The smallest absolute Gasteiger partial charge is 0.326 e. The summed E-state index contributed by atoms with van der Waals surface area (Å²) in [5.74, 6) is -4.49. The van der Waals surface area contributed by atoms with Crippen molar-refractivity contribution in [1.29, 1.82) is 0 Å². The zero-order valence-electron chi connectivity index (χ0n) is 22.0. The highest BCUT2D eigenvalue weighted by atomic mass is 16.4. The van der Waals surface area contributed by atoms with Crippen LogP contribution < -0.4 is 27.4 Å². The zero-order valence-corrected chi connectivity index (χ0v) is 22.0. The van der Waals surface area contributed by atoms with Crippen LogP contribution in [-0.4, -0.2) is 80.6 Å². The third-order valence-electron chi connectivity index (χ3n) is 6.09. The number of nitrogens with zero attached hydrogens (tertiary/aromatic N) is 1. The number of carboxylic acids is 2. The number of carbonyl (C=O) groups is 5. The second kappa shape index (κ2) is 16.6. The number of H-pyrrole nitrogens is 1. The van der Waals surface area contributed by atoms with Crippen molar-refractivity contribution in [2.24, 2.45) is 11.5 Å². The van der Waals surface area contributed by atoms with Crippen LogP contribution in [0.25, 0.3) is 0 Å². The standard InChI is InChI=1S/C26H37N7O7/c27-11-5-4-8-19(31-23(36)18(28)9-10-22(34)35)24(37)32-20(13-17-14-29-15-30-17)25(38)33-21(26(39)40)12-16-6-2-1-3-7-16/h1-3,6-7,14-15,18-21H,4-5,8-13,27-28H2,(H,29,30)(H,31,36)(H,32,37)(H,33,38)(H,34,35)(H,39,40). The Kier molecular flexibility index (Phi) is 13.3. The largest absolute Gasteiger partial charge is 0.481 e. The van der Waals surface area contributed by atoms with Gasteiger partial charge < -0.3 is 42.6 Å². The van der Waals surface area contributed by atoms with Gasteiger partial charge in [-0.3, -0.25) is 19.2 Å². The fourth-order valence-electron chi connectivity index (χ4n) is 3.87. The summed E-state index contributed by atoms with van der Waals surface area (Å²) in [7, 11) is 0. The number of hydrogen-bond donors (Lipinski definition) is 8. The van der Waals surface area contributed by atoms with E-state index in [1.165, 1.54) is 12.5 Å². The van der Waals surface area contributed by atoms with Crippen molar-refractivity contribution in [3.63, 3.8) is 0 Å². The first-order valence-corrected chi connectivity index (χ1v) is 12.9. The lowest BCUT2D eigenvalue weighted by atomic mass is 10.0. The van der Waals surface area contributed by atoms with Gasteiger partial charge in [-0.15, -0.1) is 0 Å². The van der Waals surface area contributed by atoms with Crippen LogP contribution in [0, 0.1) is 0 Å². The van der Waals surface area contributed by atoms with Crippen LogP contribution in [0.1, 0.15) is 43.4 Å². The molecule has 0 aliphatic rings. The molecule has 0 bridgehead atoms. The van der Waals surface area contributed by atoms with E-state index in [0.29, 0.717) is 30.6 Å². The molecule has 0 saturated carbocycles. The van der Waals surface area contributed by atoms with Crippen molar-refractivity contribution in [1.82, 2.24) is 25.9 Å². The maximum atomic E-state index is 13.3. The number of aliphatic carboxylic acids is 2. The first-order valence-electron chi connectivity index (χ1n) is 12.9. The predicted molar refractivity (Wildman–Crippen MR) is 144 cm³/mol. The molecule has 218 valence electrons. The molecule has 0 saturated heterocycles. The summed E-state index contributed by atoms with van der Waals surface area (Å²) in [5, 5.41) is 26.2. The average molecular weight is 560 g/mol. The molecular weight excluding hydrogens is 522 g/mol. The van der Waals surface area contributed by atoms with Crippen molar-refractivity contribution < 1.29 is 34.2 Å². The SMILES string of the molecule is NCCCCC(NC(=O)C(N)CCC(=O)O)C(=O)NC(Cc1cnc[nH]1)C(=O)NC(Cc1ccccc1)C(=O)O. The van der Waals surface area contributed by atoms with Crippen LogP contribution in [0.4, 0.5) is 0 Å². The van der Waals surface area contributed by atoms with Crippen LogP contribution in [0.2, 0.25) is 0 Å². The van der Waals surface area contributed by atoms with Crippen LogP contribution in [-0.2, 0) is 36.8 Å². The first-order chi connectivity index (χ1) is 19.1. The maximum Gasteiger partial charge on any atom is 0.326 e. The Balaban J connectivity index is 2.18. The van der Waals surface area contributed by atoms with Gasteiger partial charge in [-0.05, 0) is 37.8 Å². The Hall–Kier alpha value is -4.30. The van der Waals surface area contributed by atoms with Crippen LogP contribution in [0.5, 0.6) is 0 Å². The van der Waals surface area contributed by atoms with Crippen LogP contribution in [0.3, 0.4) is 0 Å². The molecule has 10 N–H and O–H groups in total. The zero-order chi connectivity index (χ0) is 29.5. The summed E-state index contributed by atoms with van der Waals surface area (Å²) in [6, 6.07) is 4.06.